The molecule has 1 aromatic heterocycles. The molecule has 3 aromatic carbocycles. The minimum absolute atomic E-state index is 0.0277. The van der Waals surface area contributed by atoms with E-state index in [1.165, 1.54) is 6.08 Å². The van der Waals surface area contributed by atoms with Crippen molar-refractivity contribution in [2.24, 2.45) is 0 Å². The Bertz CT molecular complexity index is 1340. The predicted molar refractivity (Wildman–Crippen MR) is 121 cm³/mol. The smallest absolute Gasteiger partial charge is 0.293 e. The highest BCUT2D eigenvalue weighted by Crippen LogP contribution is 2.33. The van der Waals surface area contributed by atoms with E-state index in [0.29, 0.717) is 33.8 Å². The molecule has 1 aliphatic heterocycles. The standard InChI is InChI=1S/C25H18N2O5/c28-22(13-11-16-10-12-20-21(14-16)31-15-30-20)27-23-18-8-4-5-9-19(18)32-24(23)25(29)26-17-6-2-1-3-7-17/h1-14H,15H2,(H,26,29)(H,27,28)/b13-11-. The van der Waals surface area contributed by atoms with Crippen LogP contribution in [0.1, 0.15) is 16.1 Å². The van der Waals surface area contributed by atoms with E-state index in [9.17, 15) is 9.59 Å². The van der Waals surface area contributed by atoms with Crippen molar-refractivity contribution in [3.8, 4) is 11.5 Å². The van der Waals surface area contributed by atoms with Gasteiger partial charge in [-0.3, -0.25) is 9.59 Å². The first-order valence-electron chi connectivity index (χ1n) is 9.94. The lowest BCUT2D eigenvalue weighted by molar-refractivity contribution is -0.111. The minimum Gasteiger partial charge on any atom is -0.454 e. The van der Waals surface area contributed by atoms with Crippen molar-refractivity contribution in [3.05, 3.63) is 90.2 Å². The number of carbonyl (C=O) groups excluding carboxylic acids is 2. The lowest BCUT2D eigenvalue weighted by Crippen LogP contribution is -2.15. The molecule has 7 heteroatoms. The fourth-order valence-electron chi connectivity index (χ4n) is 3.39. The quantitative estimate of drug-likeness (QED) is 0.435. The van der Waals surface area contributed by atoms with E-state index >= 15 is 0 Å². The summed E-state index contributed by atoms with van der Waals surface area (Å²) < 4.78 is 16.4. The van der Waals surface area contributed by atoms with Crippen molar-refractivity contribution in [1.82, 2.24) is 0 Å². The molecule has 0 saturated heterocycles. The van der Waals surface area contributed by atoms with Gasteiger partial charge in [0.05, 0.1) is 0 Å². The van der Waals surface area contributed by atoms with E-state index in [2.05, 4.69) is 10.6 Å². The second-order valence-electron chi connectivity index (χ2n) is 7.06. The number of para-hydroxylation sites is 2. The van der Waals surface area contributed by atoms with Crippen molar-refractivity contribution >= 4 is 40.2 Å². The summed E-state index contributed by atoms with van der Waals surface area (Å²) in [5.41, 5.74) is 2.22. The third kappa shape index (κ3) is 3.91. The molecular formula is C25H18N2O5. The van der Waals surface area contributed by atoms with E-state index in [1.54, 1.807) is 48.5 Å². The molecule has 0 fully saturated rings. The Morgan fingerprint density at radius 1 is 0.844 bits per heavy atom. The van der Waals surface area contributed by atoms with Crippen LogP contribution in [0.2, 0.25) is 0 Å². The molecule has 0 spiro atoms. The van der Waals surface area contributed by atoms with E-state index in [0.717, 1.165) is 5.56 Å². The normalized spacial score (nSPS) is 12.2. The van der Waals surface area contributed by atoms with E-state index < -0.39 is 11.8 Å². The first kappa shape index (κ1) is 19.4. The zero-order valence-electron chi connectivity index (χ0n) is 16.8. The van der Waals surface area contributed by atoms with Crippen LogP contribution in [0.4, 0.5) is 11.4 Å². The van der Waals surface area contributed by atoms with Crippen LogP contribution in [0, 0.1) is 0 Å². The number of hydrogen-bond donors (Lipinski definition) is 2. The van der Waals surface area contributed by atoms with E-state index in [1.807, 2.05) is 30.3 Å². The van der Waals surface area contributed by atoms with E-state index in [-0.39, 0.29) is 12.6 Å². The van der Waals surface area contributed by atoms with Gasteiger partial charge in [-0.2, -0.15) is 0 Å². The Morgan fingerprint density at radius 3 is 2.50 bits per heavy atom. The minimum atomic E-state index is -0.456. The summed E-state index contributed by atoms with van der Waals surface area (Å²) in [7, 11) is 0. The molecule has 0 aliphatic carbocycles. The summed E-state index contributed by atoms with van der Waals surface area (Å²) in [5.74, 6) is 0.476. The summed E-state index contributed by atoms with van der Waals surface area (Å²) in [6, 6.07) is 21.6. The van der Waals surface area contributed by atoms with Crippen LogP contribution in [0.3, 0.4) is 0 Å². The van der Waals surface area contributed by atoms with Gasteiger partial charge in [-0.25, -0.2) is 0 Å². The average molecular weight is 426 g/mol. The first-order chi connectivity index (χ1) is 15.7. The van der Waals surface area contributed by atoms with Gasteiger partial charge in [-0.05, 0) is 48.0 Å². The number of furan rings is 1. The van der Waals surface area contributed by atoms with Gasteiger partial charge >= 0.3 is 0 Å². The molecule has 7 nitrogen and oxygen atoms in total. The second-order valence-corrected chi connectivity index (χ2v) is 7.06. The molecule has 32 heavy (non-hydrogen) atoms. The molecule has 5 rings (SSSR count). The molecule has 0 bridgehead atoms. The van der Waals surface area contributed by atoms with Crippen LogP contribution in [-0.4, -0.2) is 18.6 Å². The van der Waals surface area contributed by atoms with Crippen molar-refractivity contribution < 1.29 is 23.5 Å². The Morgan fingerprint density at radius 2 is 1.62 bits per heavy atom. The van der Waals surface area contributed by atoms with Gasteiger partial charge < -0.3 is 24.5 Å². The van der Waals surface area contributed by atoms with Crippen LogP contribution in [-0.2, 0) is 4.79 Å². The molecule has 0 radical (unpaired) electrons. The van der Waals surface area contributed by atoms with Gasteiger partial charge in [-0.1, -0.05) is 36.4 Å². The highest BCUT2D eigenvalue weighted by molar-refractivity contribution is 6.16. The maximum atomic E-state index is 12.9. The van der Waals surface area contributed by atoms with E-state index in [4.69, 9.17) is 13.9 Å². The molecule has 4 aromatic rings. The Kier molecular flexibility index (Phi) is 5.05. The lowest BCUT2D eigenvalue weighted by Gasteiger charge is -2.06. The number of hydrogen-bond acceptors (Lipinski definition) is 5. The Hall–Kier alpha value is -4.52. The summed E-state index contributed by atoms with van der Waals surface area (Å²) in [4.78, 5) is 25.5. The molecule has 158 valence electrons. The predicted octanol–water partition coefficient (Wildman–Crippen LogP) is 5.07. The number of amides is 2. The fourth-order valence-corrected chi connectivity index (χ4v) is 3.39. The summed E-state index contributed by atoms with van der Waals surface area (Å²) in [6.07, 6.45) is 3.04. The molecule has 1 aliphatic rings. The first-order valence-corrected chi connectivity index (χ1v) is 9.94. The number of rotatable bonds is 5. The number of fused-ring (bicyclic) bond motifs is 2. The largest absolute Gasteiger partial charge is 0.454 e. The number of benzene rings is 3. The monoisotopic (exact) mass is 426 g/mol. The maximum absolute atomic E-state index is 12.9. The van der Waals surface area contributed by atoms with Crippen LogP contribution < -0.4 is 20.1 Å². The number of ether oxygens (including phenoxy) is 2. The molecule has 2 N–H and O–H groups in total. The van der Waals surface area contributed by atoms with Crippen LogP contribution in [0.15, 0.2) is 83.3 Å². The summed E-state index contributed by atoms with van der Waals surface area (Å²) >= 11 is 0. The number of nitrogens with one attached hydrogen (secondary N) is 2. The van der Waals surface area contributed by atoms with Crippen LogP contribution >= 0.6 is 0 Å². The van der Waals surface area contributed by atoms with Crippen LogP contribution in [0.5, 0.6) is 11.5 Å². The maximum Gasteiger partial charge on any atom is 0.293 e. The van der Waals surface area contributed by atoms with Gasteiger partial charge in [0.25, 0.3) is 5.91 Å². The zero-order valence-corrected chi connectivity index (χ0v) is 16.8. The van der Waals surface area contributed by atoms with Gasteiger partial charge in [0.15, 0.2) is 11.5 Å². The van der Waals surface area contributed by atoms with Crippen molar-refractivity contribution in [1.29, 1.82) is 0 Å². The second kappa shape index (κ2) is 8.31. The highest BCUT2D eigenvalue weighted by Gasteiger charge is 2.22. The molecule has 2 amide bonds. The van der Waals surface area contributed by atoms with Gasteiger partial charge in [0.2, 0.25) is 18.5 Å². The third-order valence-corrected chi connectivity index (χ3v) is 4.91. The van der Waals surface area contributed by atoms with Gasteiger partial charge in [0.1, 0.15) is 11.3 Å². The molecule has 0 unspecified atom stereocenters. The SMILES string of the molecule is O=C(/C=C\c1ccc2c(c1)OCO2)Nc1c(C(=O)Nc2ccccc2)oc2ccccc12. The topological polar surface area (TPSA) is 89.8 Å². The lowest BCUT2D eigenvalue weighted by atomic mass is 10.2. The van der Waals surface area contributed by atoms with Crippen LogP contribution in [0.25, 0.3) is 17.0 Å². The average Bonchev–Trinajstić information content (AvgIpc) is 3.43. The Balaban J connectivity index is 1.39. The number of carbonyl (C=O) groups is 2. The summed E-state index contributed by atoms with van der Waals surface area (Å²) in [5, 5.41) is 6.21. The fraction of sp³-hybridized carbons (Fsp3) is 0.0400. The van der Waals surface area contributed by atoms with Crippen molar-refractivity contribution in [3.63, 3.8) is 0 Å². The zero-order chi connectivity index (χ0) is 21.9. The molecular weight excluding hydrogens is 408 g/mol. The third-order valence-electron chi connectivity index (χ3n) is 4.91. The number of anilines is 2. The molecule has 2 heterocycles. The van der Waals surface area contributed by atoms with Gasteiger partial charge in [0, 0.05) is 17.1 Å². The van der Waals surface area contributed by atoms with Crippen molar-refractivity contribution in [2.45, 2.75) is 0 Å². The van der Waals surface area contributed by atoms with Gasteiger partial charge in [-0.15, -0.1) is 0 Å². The molecule has 0 saturated carbocycles. The Labute approximate surface area is 183 Å². The molecule has 0 atom stereocenters. The highest BCUT2D eigenvalue weighted by atomic mass is 16.7. The summed E-state index contributed by atoms with van der Waals surface area (Å²) in [6.45, 7) is 0.185. The van der Waals surface area contributed by atoms with Crippen molar-refractivity contribution in [2.75, 3.05) is 17.4 Å².